The van der Waals surface area contributed by atoms with E-state index in [2.05, 4.69) is 6.58 Å². The van der Waals surface area contributed by atoms with Crippen LogP contribution in [-0.2, 0) is 0 Å². The molecule has 1 aromatic carbocycles. The molecule has 0 radical (unpaired) electrons. The molecule has 0 N–H and O–H groups in total. The minimum Gasteiger partial charge on any atom is -0.485 e. The van der Waals surface area contributed by atoms with Crippen molar-refractivity contribution in [2.75, 3.05) is 0 Å². The van der Waals surface area contributed by atoms with Crippen molar-refractivity contribution < 1.29 is 13.5 Å². The third kappa shape index (κ3) is 2.78. The predicted octanol–water partition coefficient (Wildman–Crippen LogP) is 3.79. The Kier molecular flexibility index (Phi) is 3.12. The highest BCUT2D eigenvalue weighted by atomic mass is 19.1. The second-order valence-corrected chi connectivity index (χ2v) is 4.19. The van der Waals surface area contributed by atoms with Crippen molar-refractivity contribution in [3.63, 3.8) is 0 Å². The lowest BCUT2D eigenvalue weighted by atomic mass is 10.1. The summed E-state index contributed by atoms with van der Waals surface area (Å²) in [6, 6.07) is 2.45. The molecule has 1 aromatic rings. The summed E-state index contributed by atoms with van der Waals surface area (Å²) in [6.07, 6.45) is 1.14. The molecule has 0 atom stereocenters. The molecule has 0 saturated carbocycles. The van der Waals surface area contributed by atoms with Crippen LogP contribution in [0.4, 0.5) is 8.78 Å². The van der Waals surface area contributed by atoms with Gasteiger partial charge in [0.25, 0.3) is 0 Å². The van der Waals surface area contributed by atoms with Gasteiger partial charge >= 0.3 is 0 Å². The Hall–Kier alpha value is -1.38. The molecule has 0 amide bonds. The number of halogens is 2. The summed E-state index contributed by atoms with van der Waals surface area (Å²) in [5.41, 5.74) is -0.673. The van der Waals surface area contributed by atoms with Crippen molar-refractivity contribution >= 4 is 6.08 Å². The Morgan fingerprint density at radius 3 is 2.33 bits per heavy atom. The maximum absolute atomic E-state index is 13.6. The summed E-state index contributed by atoms with van der Waals surface area (Å²) in [4.78, 5) is 0. The molecule has 0 saturated heterocycles. The van der Waals surface area contributed by atoms with Gasteiger partial charge in [0.05, 0.1) is 0 Å². The highest BCUT2D eigenvalue weighted by Crippen LogP contribution is 2.26. The molecule has 1 rings (SSSR count). The van der Waals surface area contributed by atoms with Gasteiger partial charge in [-0.25, -0.2) is 8.78 Å². The third-order valence-electron chi connectivity index (χ3n) is 1.71. The number of rotatable bonds is 2. The van der Waals surface area contributed by atoms with Crippen LogP contribution in [0.1, 0.15) is 26.3 Å². The van der Waals surface area contributed by atoms with Crippen molar-refractivity contribution in [2.45, 2.75) is 26.4 Å². The van der Waals surface area contributed by atoms with Gasteiger partial charge in [-0.15, -0.1) is 0 Å². The van der Waals surface area contributed by atoms with Gasteiger partial charge in [-0.05, 0) is 32.9 Å². The van der Waals surface area contributed by atoms with Crippen LogP contribution in [0.15, 0.2) is 18.7 Å². The molecule has 0 aliphatic heterocycles. The third-order valence-corrected chi connectivity index (χ3v) is 1.71. The van der Waals surface area contributed by atoms with Crippen LogP contribution in [0.2, 0.25) is 0 Å². The van der Waals surface area contributed by atoms with E-state index in [0.717, 1.165) is 6.08 Å². The van der Waals surface area contributed by atoms with Crippen molar-refractivity contribution in [2.24, 2.45) is 0 Å². The molecule has 0 spiro atoms. The van der Waals surface area contributed by atoms with E-state index in [0.29, 0.717) is 0 Å². The molecule has 3 heteroatoms. The summed E-state index contributed by atoms with van der Waals surface area (Å²) in [5, 5.41) is 0. The van der Waals surface area contributed by atoms with E-state index < -0.39 is 17.2 Å². The highest BCUT2D eigenvalue weighted by molar-refractivity contribution is 5.52. The number of ether oxygens (including phenoxy) is 1. The number of benzene rings is 1. The van der Waals surface area contributed by atoms with Gasteiger partial charge in [0.1, 0.15) is 11.4 Å². The smallest absolute Gasteiger partial charge is 0.175 e. The lowest BCUT2D eigenvalue weighted by molar-refractivity contribution is 0.124. The van der Waals surface area contributed by atoms with Crippen LogP contribution in [0.5, 0.6) is 5.75 Å². The normalized spacial score (nSPS) is 11.3. The van der Waals surface area contributed by atoms with Crippen LogP contribution in [-0.4, -0.2) is 5.60 Å². The van der Waals surface area contributed by atoms with Crippen LogP contribution in [0.3, 0.4) is 0 Å². The van der Waals surface area contributed by atoms with E-state index in [9.17, 15) is 8.78 Å². The molecule has 0 fully saturated rings. The monoisotopic (exact) mass is 212 g/mol. The minimum absolute atomic E-state index is 0.0406. The van der Waals surface area contributed by atoms with Gasteiger partial charge in [-0.3, -0.25) is 0 Å². The first-order chi connectivity index (χ1) is 6.85. The fourth-order valence-electron chi connectivity index (χ4n) is 1.15. The summed E-state index contributed by atoms with van der Waals surface area (Å²) < 4.78 is 32.1. The van der Waals surface area contributed by atoms with Crippen LogP contribution < -0.4 is 4.74 Å². The second-order valence-electron chi connectivity index (χ2n) is 4.19. The first-order valence-corrected chi connectivity index (χ1v) is 4.64. The van der Waals surface area contributed by atoms with Gasteiger partial charge in [-0.1, -0.05) is 12.7 Å². The molecule has 0 heterocycles. The lowest BCUT2D eigenvalue weighted by Gasteiger charge is -2.22. The Bertz CT molecular complexity index is 378. The van der Waals surface area contributed by atoms with E-state index in [1.807, 2.05) is 0 Å². The zero-order valence-corrected chi connectivity index (χ0v) is 9.10. The van der Waals surface area contributed by atoms with Crippen molar-refractivity contribution in [3.05, 3.63) is 35.9 Å². The zero-order chi connectivity index (χ0) is 11.6. The summed E-state index contributed by atoms with van der Waals surface area (Å²) in [6.45, 7) is 8.74. The van der Waals surface area contributed by atoms with E-state index in [1.165, 1.54) is 12.1 Å². The minimum atomic E-state index is -0.708. The highest BCUT2D eigenvalue weighted by Gasteiger charge is 2.18. The van der Waals surface area contributed by atoms with E-state index in [4.69, 9.17) is 4.74 Å². The quantitative estimate of drug-likeness (QED) is 0.724. The van der Waals surface area contributed by atoms with Gasteiger partial charge in [0, 0.05) is 5.56 Å². The van der Waals surface area contributed by atoms with Crippen LogP contribution in [0.25, 0.3) is 6.08 Å². The standard InChI is InChI=1S/C12H14F2O/c1-5-8-9(13)6-7-10(11(8)14)15-12(2,3)4/h5-7H,1H2,2-4H3. The summed E-state index contributed by atoms with van der Waals surface area (Å²) in [7, 11) is 0. The van der Waals surface area contributed by atoms with E-state index in [-0.39, 0.29) is 11.3 Å². The fourth-order valence-corrected chi connectivity index (χ4v) is 1.15. The molecule has 15 heavy (non-hydrogen) atoms. The maximum atomic E-state index is 13.6. The van der Waals surface area contributed by atoms with Crippen LogP contribution >= 0.6 is 0 Å². The predicted molar refractivity (Wildman–Crippen MR) is 56.8 cm³/mol. The zero-order valence-electron chi connectivity index (χ0n) is 9.10. The Morgan fingerprint density at radius 2 is 1.87 bits per heavy atom. The summed E-state index contributed by atoms with van der Waals surface area (Å²) in [5.74, 6) is -1.30. The number of hydrogen-bond acceptors (Lipinski definition) is 1. The first kappa shape index (κ1) is 11.7. The molecule has 82 valence electrons. The Labute approximate surface area is 88.4 Å². The average Bonchev–Trinajstić information content (AvgIpc) is 2.09. The van der Waals surface area contributed by atoms with Gasteiger partial charge in [0.2, 0.25) is 0 Å². The molecular weight excluding hydrogens is 198 g/mol. The van der Waals surface area contributed by atoms with Crippen molar-refractivity contribution in [3.8, 4) is 5.75 Å². The summed E-state index contributed by atoms with van der Waals surface area (Å²) >= 11 is 0. The Balaban J connectivity index is 3.16. The molecule has 1 nitrogen and oxygen atoms in total. The average molecular weight is 212 g/mol. The fraction of sp³-hybridized carbons (Fsp3) is 0.333. The second kappa shape index (κ2) is 4.01. The SMILES string of the molecule is C=Cc1c(F)ccc(OC(C)(C)C)c1F. The molecule has 0 aromatic heterocycles. The molecule has 0 aliphatic carbocycles. The maximum Gasteiger partial charge on any atom is 0.175 e. The number of hydrogen-bond donors (Lipinski definition) is 0. The molecule has 0 aliphatic rings. The van der Waals surface area contributed by atoms with Gasteiger partial charge in [0.15, 0.2) is 11.6 Å². The van der Waals surface area contributed by atoms with E-state index >= 15 is 0 Å². The first-order valence-electron chi connectivity index (χ1n) is 4.64. The largest absolute Gasteiger partial charge is 0.485 e. The molecule has 0 bridgehead atoms. The van der Waals surface area contributed by atoms with Crippen molar-refractivity contribution in [1.82, 2.24) is 0 Å². The lowest BCUT2D eigenvalue weighted by Crippen LogP contribution is -2.23. The van der Waals surface area contributed by atoms with Gasteiger partial charge < -0.3 is 4.74 Å². The van der Waals surface area contributed by atoms with Crippen LogP contribution in [0, 0.1) is 11.6 Å². The molecule has 0 unspecified atom stereocenters. The van der Waals surface area contributed by atoms with E-state index in [1.54, 1.807) is 20.8 Å². The van der Waals surface area contributed by atoms with Crippen molar-refractivity contribution in [1.29, 1.82) is 0 Å². The Morgan fingerprint density at radius 1 is 1.27 bits per heavy atom. The topological polar surface area (TPSA) is 9.23 Å². The van der Waals surface area contributed by atoms with Gasteiger partial charge in [-0.2, -0.15) is 0 Å². The molecular formula is C12H14F2O.